The Kier molecular flexibility index (Phi) is 5.53. The van der Waals surface area contributed by atoms with Crippen LogP contribution in [0.1, 0.15) is 13.3 Å². The minimum Gasteiger partial charge on any atom is -0.357 e. The third-order valence-electron chi connectivity index (χ3n) is 1.89. The average Bonchev–Trinajstić information content (AvgIpc) is 2.17. The van der Waals surface area contributed by atoms with Crippen LogP contribution < -0.4 is 5.32 Å². The number of carbonyl (C=O) groups is 2. The SMILES string of the molecule is CCC(=O)N(C)[C@H](CS)C(=O)NC. The summed E-state index contributed by atoms with van der Waals surface area (Å²) in [7, 11) is 3.16. The third-order valence-corrected chi connectivity index (χ3v) is 2.23. The van der Waals surface area contributed by atoms with E-state index in [1.54, 1.807) is 21.0 Å². The fraction of sp³-hybridized carbons (Fsp3) is 0.750. The standard InChI is InChI=1S/C8H16N2O2S/c1-4-7(11)10(3)6(5-13)8(12)9-2/h6,13H,4-5H2,1-3H3,(H,9,12)/t6-/m1/s1. The number of likely N-dealkylation sites (N-methyl/N-ethyl adjacent to an activating group) is 2. The smallest absolute Gasteiger partial charge is 0.243 e. The van der Waals surface area contributed by atoms with Crippen LogP contribution in [0.4, 0.5) is 0 Å². The highest BCUT2D eigenvalue weighted by atomic mass is 32.1. The topological polar surface area (TPSA) is 49.4 Å². The highest BCUT2D eigenvalue weighted by molar-refractivity contribution is 7.80. The molecule has 0 aromatic rings. The predicted octanol–water partition coefficient (Wildman–Crippen LogP) is -0.101. The second kappa shape index (κ2) is 5.85. The molecule has 1 N–H and O–H groups in total. The Bertz CT molecular complexity index is 197. The van der Waals surface area contributed by atoms with E-state index in [0.717, 1.165) is 0 Å². The molecule has 5 heteroatoms. The van der Waals surface area contributed by atoms with Crippen LogP contribution in [0.15, 0.2) is 0 Å². The van der Waals surface area contributed by atoms with Crippen LogP contribution in [0.5, 0.6) is 0 Å². The van der Waals surface area contributed by atoms with E-state index in [4.69, 9.17) is 0 Å². The van der Waals surface area contributed by atoms with Crippen molar-refractivity contribution >= 4 is 24.4 Å². The largest absolute Gasteiger partial charge is 0.357 e. The number of nitrogens with zero attached hydrogens (tertiary/aromatic N) is 1. The van der Waals surface area contributed by atoms with Gasteiger partial charge in [-0.05, 0) is 0 Å². The fourth-order valence-electron chi connectivity index (χ4n) is 0.971. The molecule has 0 aliphatic heterocycles. The van der Waals surface area contributed by atoms with Crippen molar-refractivity contribution in [3.8, 4) is 0 Å². The van der Waals surface area contributed by atoms with Crippen molar-refractivity contribution in [1.82, 2.24) is 10.2 Å². The number of thiol groups is 1. The Morgan fingerprint density at radius 1 is 1.54 bits per heavy atom. The molecule has 0 aliphatic carbocycles. The van der Waals surface area contributed by atoms with Crippen molar-refractivity contribution in [2.45, 2.75) is 19.4 Å². The van der Waals surface area contributed by atoms with Gasteiger partial charge in [-0.25, -0.2) is 0 Å². The third kappa shape index (κ3) is 3.26. The van der Waals surface area contributed by atoms with Crippen LogP contribution in [0.3, 0.4) is 0 Å². The minimum atomic E-state index is -0.471. The molecular weight excluding hydrogens is 188 g/mol. The molecule has 0 aromatic heterocycles. The van der Waals surface area contributed by atoms with Crippen LogP contribution in [0.2, 0.25) is 0 Å². The summed E-state index contributed by atoms with van der Waals surface area (Å²) in [5, 5.41) is 2.49. The maximum Gasteiger partial charge on any atom is 0.243 e. The van der Waals surface area contributed by atoms with Crippen molar-refractivity contribution in [3.63, 3.8) is 0 Å². The van der Waals surface area contributed by atoms with Gasteiger partial charge in [-0.15, -0.1) is 0 Å². The molecule has 0 fully saturated rings. The summed E-state index contributed by atoms with van der Waals surface area (Å²) in [5.41, 5.74) is 0. The molecule has 4 nitrogen and oxygen atoms in total. The molecule has 0 saturated carbocycles. The molecule has 1 atom stereocenters. The van der Waals surface area contributed by atoms with Gasteiger partial charge in [0.15, 0.2) is 0 Å². The summed E-state index contributed by atoms with van der Waals surface area (Å²) in [6.45, 7) is 1.76. The molecule has 2 amide bonds. The lowest BCUT2D eigenvalue weighted by Crippen LogP contribution is -2.47. The summed E-state index contributed by atoms with van der Waals surface area (Å²) in [6.07, 6.45) is 0.401. The summed E-state index contributed by atoms with van der Waals surface area (Å²) >= 11 is 4.03. The van der Waals surface area contributed by atoms with E-state index >= 15 is 0 Å². The van der Waals surface area contributed by atoms with Gasteiger partial charge in [0.1, 0.15) is 6.04 Å². The molecule has 0 aliphatic rings. The van der Waals surface area contributed by atoms with E-state index in [0.29, 0.717) is 12.2 Å². The number of amides is 2. The van der Waals surface area contributed by atoms with Crippen molar-refractivity contribution in [2.75, 3.05) is 19.8 Å². The summed E-state index contributed by atoms with van der Waals surface area (Å²) < 4.78 is 0. The highest BCUT2D eigenvalue weighted by Crippen LogP contribution is 2.01. The first-order valence-electron chi connectivity index (χ1n) is 4.16. The number of hydrogen-bond acceptors (Lipinski definition) is 3. The van der Waals surface area contributed by atoms with Crippen molar-refractivity contribution in [2.24, 2.45) is 0 Å². The van der Waals surface area contributed by atoms with Gasteiger partial charge in [0, 0.05) is 26.3 Å². The van der Waals surface area contributed by atoms with Gasteiger partial charge >= 0.3 is 0 Å². The van der Waals surface area contributed by atoms with Gasteiger partial charge in [0.2, 0.25) is 11.8 Å². The van der Waals surface area contributed by atoms with Crippen molar-refractivity contribution in [1.29, 1.82) is 0 Å². The van der Waals surface area contributed by atoms with Crippen molar-refractivity contribution < 1.29 is 9.59 Å². The second-order valence-corrected chi connectivity index (χ2v) is 3.04. The first-order chi connectivity index (χ1) is 6.08. The van der Waals surface area contributed by atoms with Gasteiger partial charge in [-0.1, -0.05) is 6.92 Å². The van der Waals surface area contributed by atoms with E-state index in [1.165, 1.54) is 4.90 Å². The Labute approximate surface area is 84.1 Å². The van der Waals surface area contributed by atoms with Crippen LogP contribution in [0.25, 0.3) is 0 Å². The van der Waals surface area contributed by atoms with Crippen LogP contribution >= 0.6 is 12.6 Å². The summed E-state index contributed by atoms with van der Waals surface area (Å²) in [5.74, 6) is 0.101. The number of hydrogen-bond donors (Lipinski definition) is 2. The molecular formula is C8H16N2O2S. The molecule has 0 heterocycles. The second-order valence-electron chi connectivity index (χ2n) is 2.67. The Hall–Kier alpha value is -0.710. The van der Waals surface area contributed by atoms with E-state index < -0.39 is 6.04 Å². The van der Waals surface area contributed by atoms with Gasteiger partial charge in [-0.2, -0.15) is 12.6 Å². The van der Waals surface area contributed by atoms with E-state index in [9.17, 15) is 9.59 Å². The van der Waals surface area contributed by atoms with E-state index in [-0.39, 0.29) is 11.8 Å². The average molecular weight is 204 g/mol. The molecule has 0 spiro atoms. The first-order valence-corrected chi connectivity index (χ1v) is 4.79. The molecule has 0 saturated heterocycles. The first kappa shape index (κ1) is 12.3. The zero-order valence-electron chi connectivity index (χ0n) is 8.20. The van der Waals surface area contributed by atoms with E-state index in [1.807, 2.05) is 0 Å². The number of carbonyl (C=O) groups excluding carboxylic acids is 2. The maximum atomic E-state index is 11.3. The molecule has 0 aromatic carbocycles. The van der Waals surface area contributed by atoms with Gasteiger partial charge in [-0.3, -0.25) is 9.59 Å². The Balaban J connectivity index is 4.39. The van der Waals surface area contributed by atoms with Crippen molar-refractivity contribution in [3.05, 3.63) is 0 Å². The lowest BCUT2D eigenvalue weighted by molar-refractivity contribution is -0.137. The zero-order valence-corrected chi connectivity index (χ0v) is 9.10. The number of rotatable bonds is 4. The normalized spacial score (nSPS) is 12.0. The monoisotopic (exact) mass is 204 g/mol. The molecule has 0 radical (unpaired) electrons. The molecule has 0 bridgehead atoms. The predicted molar refractivity (Wildman–Crippen MR) is 54.8 cm³/mol. The summed E-state index contributed by atoms with van der Waals surface area (Å²) in [4.78, 5) is 23.9. The molecule has 76 valence electrons. The highest BCUT2D eigenvalue weighted by Gasteiger charge is 2.23. The minimum absolute atomic E-state index is 0.0531. The van der Waals surface area contributed by atoms with E-state index in [2.05, 4.69) is 17.9 Å². The van der Waals surface area contributed by atoms with Crippen LogP contribution in [-0.4, -0.2) is 42.6 Å². The summed E-state index contributed by atoms with van der Waals surface area (Å²) in [6, 6.07) is -0.471. The maximum absolute atomic E-state index is 11.3. The van der Waals surface area contributed by atoms with Crippen LogP contribution in [0, 0.1) is 0 Å². The zero-order chi connectivity index (χ0) is 10.4. The van der Waals surface area contributed by atoms with Gasteiger partial charge in [0.25, 0.3) is 0 Å². The Morgan fingerprint density at radius 3 is 2.38 bits per heavy atom. The lowest BCUT2D eigenvalue weighted by atomic mass is 10.2. The quantitative estimate of drug-likeness (QED) is 0.628. The number of nitrogens with one attached hydrogen (secondary N) is 1. The van der Waals surface area contributed by atoms with Crippen LogP contribution in [-0.2, 0) is 9.59 Å². The van der Waals surface area contributed by atoms with Gasteiger partial charge in [0.05, 0.1) is 0 Å². The fourth-order valence-corrected chi connectivity index (χ4v) is 1.38. The molecule has 13 heavy (non-hydrogen) atoms. The molecule has 0 rings (SSSR count). The molecule has 0 unspecified atom stereocenters. The Morgan fingerprint density at radius 2 is 2.08 bits per heavy atom. The lowest BCUT2D eigenvalue weighted by Gasteiger charge is -2.24. The van der Waals surface area contributed by atoms with Gasteiger partial charge < -0.3 is 10.2 Å².